The summed E-state index contributed by atoms with van der Waals surface area (Å²) in [7, 11) is 0. The third kappa shape index (κ3) is 3.40. The Kier molecular flexibility index (Phi) is 5.58. The number of anilines is 1. The Morgan fingerprint density at radius 2 is 1.84 bits per heavy atom. The Morgan fingerprint density at radius 1 is 1.03 bits per heavy atom. The maximum Gasteiger partial charge on any atom is 0.330 e. The fourth-order valence-corrected chi connectivity index (χ4v) is 6.21. The van der Waals surface area contributed by atoms with Crippen molar-refractivity contribution in [1.29, 1.82) is 0 Å². The van der Waals surface area contributed by atoms with Crippen molar-refractivity contribution < 1.29 is 14.4 Å². The standard InChI is InChI=1S/C28H29N5O4/c1-2-3-4-8-15-33-26(36)28(25(35)30-27(33)37)17-20-23(29-21-12-7-9-14-31(21)24(20)34)32-16-13-18-10-5-6-11-19(18)22(28)32/h5-7,9-12,14,22H,2-4,8,13,15-17H2,1H3,(H,30,35,37)/t22-,28-/m1/s1. The van der Waals surface area contributed by atoms with Crippen LogP contribution >= 0.6 is 0 Å². The van der Waals surface area contributed by atoms with Gasteiger partial charge in [-0.1, -0.05) is 56.5 Å². The molecule has 0 aliphatic carbocycles. The molecule has 190 valence electrons. The van der Waals surface area contributed by atoms with E-state index in [0.717, 1.165) is 30.4 Å². The number of imide groups is 2. The van der Waals surface area contributed by atoms with Crippen LogP contribution in [0.4, 0.5) is 10.6 Å². The van der Waals surface area contributed by atoms with Gasteiger partial charge in [0.2, 0.25) is 11.8 Å². The fraction of sp³-hybridized carbons (Fsp3) is 0.393. The van der Waals surface area contributed by atoms with Gasteiger partial charge in [0.1, 0.15) is 11.5 Å². The number of pyridine rings is 1. The van der Waals surface area contributed by atoms with Gasteiger partial charge in [0.05, 0.1) is 11.6 Å². The molecule has 1 spiro atoms. The summed E-state index contributed by atoms with van der Waals surface area (Å²) in [6, 6.07) is 11.8. The molecule has 2 aromatic heterocycles. The number of hydrogen-bond donors (Lipinski definition) is 1. The number of barbiturate groups is 1. The van der Waals surface area contributed by atoms with Gasteiger partial charge in [0.15, 0.2) is 5.41 Å². The molecule has 3 aliphatic rings. The molecule has 4 amide bonds. The van der Waals surface area contributed by atoms with Gasteiger partial charge >= 0.3 is 6.03 Å². The van der Waals surface area contributed by atoms with E-state index >= 15 is 0 Å². The second-order valence-corrected chi connectivity index (χ2v) is 10.1. The number of rotatable bonds is 5. The van der Waals surface area contributed by atoms with Crippen molar-refractivity contribution in [3.05, 3.63) is 75.7 Å². The van der Waals surface area contributed by atoms with Gasteiger partial charge in [0, 0.05) is 25.7 Å². The molecule has 3 aromatic rings. The Labute approximate surface area is 214 Å². The molecule has 3 aliphatic heterocycles. The molecule has 9 heteroatoms. The van der Waals surface area contributed by atoms with Crippen LogP contribution in [0, 0.1) is 5.41 Å². The van der Waals surface area contributed by atoms with Crippen LogP contribution in [-0.4, -0.2) is 45.2 Å². The van der Waals surface area contributed by atoms with Gasteiger partial charge in [-0.05, 0) is 36.1 Å². The van der Waals surface area contributed by atoms with Crippen molar-refractivity contribution in [3.8, 4) is 0 Å². The first-order valence-corrected chi connectivity index (χ1v) is 13.0. The second-order valence-electron chi connectivity index (χ2n) is 10.1. The zero-order valence-corrected chi connectivity index (χ0v) is 20.8. The molecule has 0 unspecified atom stereocenters. The zero-order chi connectivity index (χ0) is 25.7. The number of unbranched alkanes of at least 4 members (excludes halogenated alkanes) is 3. The summed E-state index contributed by atoms with van der Waals surface area (Å²) in [4.78, 5) is 62.7. The normalized spacial score (nSPS) is 22.6. The minimum Gasteiger partial charge on any atom is -0.347 e. The van der Waals surface area contributed by atoms with Crippen LogP contribution in [0.25, 0.3) is 5.65 Å². The SMILES string of the molecule is CCCCCCN1C(=O)NC(=O)[C@]2(Cc3c(nc4ccccn4c3=O)N3CCc4ccccc4[C@@H]32)C1=O. The quantitative estimate of drug-likeness (QED) is 0.428. The Hall–Kier alpha value is -4.01. The summed E-state index contributed by atoms with van der Waals surface area (Å²) >= 11 is 0. The molecule has 6 rings (SSSR count). The molecule has 1 aromatic carbocycles. The first kappa shape index (κ1) is 23.4. The smallest absolute Gasteiger partial charge is 0.330 e. The van der Waals surface area contributed by atoms with Crippen molar-refractivity contribution >= 4 is 29.3 Å². The number of urea groups is 1. The van der Waals surface area contributed by atoms with Gasteiger partial charge in [0.25, 0.3) is 5.56 Å². The predicted octanol–water partition coefficient (Wildman–Crippen LogP) is 3.00. The van der Waals surface area contributed by atoms with E-state index in [1.165, 1.54) is 9.30 Å². The van der Waals surface area contributed by atoms with Crippen LogP contribution < -0.4 is 15.8 Å². The van der Waals surface area contributed by atoms with Gasteiger partial charge in [-0.25, -0.2) is 9.78 Å². The second kappa shape index (κ2) is 8.83. The molecule has 0 saturated carbocycles. The van der Waals surface area contributed by atoms with Gasteiger partial charge in [-0.15, -0.1) is 0 Å². The molecule has 2 atom stereocenters. The van der Waals surface area contributed by atoms with Crippen LogP contribution in [0.1, 0.15) is 55.3 Å². The van der Waals surface area contributed by atoms with E-state index in [-0.39, 0.29) is 18.5 Å². The monoisotopic (exact) mass is 499 g/mol. The molecule has 37 heavy (non-hydrogen) atoms. The van der Waals surface area contributed by atoms with Crippen LogP contribution in [-0.2, 0) is 22.4 Å². The highest BCUT2D eigenvalue weighted by molar-refractivity contribution is 6.20. The minimum absolute atomic E-state index is 0.120. The average Bonchev–Trinajstić information content (AvgIpc) is 2.91. The third-order valence-electron chi connectivity index (χ3n) is 8.02. The number of carbonyl (C=O) groups excluding carboxylic acids is 3. The Morgan fingerprint density at radius 3 is 2.68 bits per heavy atom. The molecule has 1 N–H and O–H groups in total. The summed E-state index contributed by atoms with van der Waals surface area (Å²) in [5.74, 6) is -0.678. The van der Waals surface area contributed by atoms with E-state index in [1.807, 2.05) is 35.2 Å². The first-order valence-electron chi connectivity index (χ1n) is 13.0. The predicted molar refractivity (Wildman–Crippen MR) is 137 cm³/mol. The number of benzene rings is 1. The largest absolute Gasteiger partial charge is 0.347 e. The highest BCUT2D eigenvalue weighted by Crippen LogP contribution is 2.52. The van der Waals surface area contributed by atoms with E-state index in [4.69, 9.17) is 4.98 Å². The van der Waals surface area contributed by atoms with Crippen molar-refractivity contribution in [2.75, 3.05) is 18.0 Å². The van der Waals surface area contributed by atoms with Gasteiger partial charge in [-0.3, -0.25) is 29.0 Å². The number of carbonyl (C=O) groups is 3. The lowest BCUT2D eigenvalue weighted by molar-refractivity contribution is -0.154. The summed E-state index contributed by atoms with van der Waals surface area (Å²) < 4.78 is 1.45. The highest BCUT2D eigenvalue weighted by atomic mass is 16.2. The van der Waals surface area contributed by atoms with E-state index < -0.39 is 29.3 Å². The minimum atomic E-state index is -1.66. The van der Waals surface area contributed by atoms with E-state index in [1.54, 1.807) is 18.3 Å². The first-order chi connectivity index (χ1) is 18.0. The molecule has 1 fully saturated rings. The summed E-state index contributed by atoms with van der Waals surface area (Å²) in [5, 5.41) is 2.48. The van der Waals surface area contributed by atoms with Gasteiger partial charge < -0.3 is 4.90 Å². The van der Waals surface area contributed by atoms with Crippen molar-refractivity contribution in [1.82, 2.24) is 19.6 Å². The third-order valence-corrected chi connectivity index (χ3v) is 8.02. The zero-order valence-electron chi connectivity index (χ0n) is 20.8. The lowest BCUT2D eigenvalue weighted by Gasteiger charge is -2.53. The molecule has 0 bridgehead atoms. The number of fused-ring (bicyclic) bond motifs is 7. The summed E-state index contributed by atoms with van der Waals surface area (Å²) in [6.45, 7) is 2.82. The number of nitrogens with one attached hydrogen (secondary N) is 1. The topological polar surface area (TPSA) is 104 Å². The van der Waals surface area contributed by atoms with E-state index in [9.17, 15) is 19.2 Å². The Balaban J connectivity index is 1.56. The van der Waals surface area contributed by atoms with Crippen LogP contribution in [0.15, 0.2) is 53.5 Å². The lowest BCUT2D eigenvalue weighted by atomic mass is 9.65. The molecule has 0 radical (unpaired) electrons. The van der Waals surface area contributed by atoms with E-state index in [2.05, 4.69) is 12.2 Å². The number of aromatic nitrogens is 2. The molecule has 1 saturated heterocycles. The number of nitrogens with zero attached hydrogens (tertiary/aromatic N) is 4. The average molecular weight is 500 g/mol. The fourth-order valence-electron chi connectivity index (χ4n) is 6.21. The van der Waals surface area contributed by atoms with Gasteiger partial charge in [-0.2, -0.15) is 0 Å². The molecule has 5 heterocycles. The Bertz CT molecular complexity index is 1500. The maximum absolute atomic E-state index is 14.3. The molecular weight excluding hydrogens is 470 g/mol. The van der Waals surface area contributed by atoms with Crippen LogP contribution in [0.5, 0.6) is 0 Å². The summed E-state index contributed by atoms with van der Waals surface area (Å²) in [5.41, 5.74) is 0.778. The number of hydrogen-bond acceptors (Lipinski definition) is 6. The van der Waals surface area contributed by atoms with Crippen molar-refractivity contribution in [2.45, 2.75) is 51.5 Å². The van der Waals surface area contributed by atoms with Crippen LogP contribution in [0.3, 0.4) is 0 Å². The summed E-state index contributed by atoms with van der Waals surface area (Å²) in [6.07, 6.45) is 5.78. The molecule has 9 nitrogen and oxygen atoms in total. The van der Waals surface area contributed by atoms with Crippen molar-refractivity contribution in [3.63, 3.8) is 0 Å². The van der Waals surface area contributed by atoms with Crippen molar-refractivity contribution in [2.24, 2.45) is 5.41 Å². The number of amides is 4. The van der Waals surface area contributed by atoms with E-state index in [0.29, 0.717) is 36.4 Å². The highest BCUT2D eigenvalue weighted by Gasteiger charge is 2.64. The lowest BCUT2D eigenvalue weighted by Crippen LogP contribution is -2.70. The van der Waals surface area contributed by atoms with Crippen LogP contribution in [0.2, 0.25) is 0 Å². The molecular formula is C28H29N5O4. The maximum atomic E-state index is 14.3.